The molecule has 7 heteroatoms. The van der Waals surface area contributed by atoms with Crippen LogP contribution < -0.4 is 4.18 Å². The van der Waals surface area contributed by atoms with Crippen LogP contribution in [0, 0.1) is 21.4 Å². The Balaban J connectivity index is 2.48. The molecule has 0 saturated heterocycles. The van der Waals surface area contributed by atoms with Gasteiger partial charge in [-0.2, -0.15) is 8.42 Å². The van der Waals surface area contributed by atoms with Gasteiger partial charge in [0.1, 0.15) is 10.6 Å². The monoisotopic (exact) mass is 391 g/mol. The van der Waals surface area contributed by atoms with Crippen LogP contribution in [0.15, 0.2) is 53.4 Å². The summed E-state index contributed by atoms with van der Waals surface area (Å²) in [6.07, 6.45) is 0. The second-order valence-corrected chi connectivity index (χ2v) is 9.46. The van der Waals surface area contributed by atoms with Crippen molar-refractivity contribution in [1.29, 1.82) is 0 Å². The van der Waals surface area contributed by atoms with E-state index in [0.717, 1.165) is 0 Å². The first-order valence-electron chi connectivity index (χ1n) is 8.71. The van der Waals surface area contributed by atoms with E-state index in [1.807, 2.05) is 34.6 Å². The van der Waals surface area contributed by atoms with E-state index in [1.165, 1.54) is 24.3 Å². The highest BCUT2D eigenvalue weighted by Gasteiger charge is 2.34. The van der Waals surface area contributed by atoms with Crippen LogP contribution in [0.1, 0.15) is 46.1 Å². The zero-order chi connectivity index (χ0) is 20.4. The Morgan fingerprint density at radius 3 is 2.11 bits per heavy atom. The van der Waals surface area contributed by atoms with E-state index in [9.17, 15) is 18.5 Å². The van der Waals surface area contributed by atoms with Gasteiger partial charge in [-0.1, -0.05) is 52.8 Å². The maximum absolute atomic E-state index is 12.4. The summed E-state index contributed by atoms with van der Waals surface area (Å²) in [7, 11) is -4.06. The Labute approximate surface area is 160 Å². The van der Waals surface area contributed by atoms with Gasteiger partial charge in [0, 0.05) is 5.56 Å². The average Bonchev–Trinajstić information content (AvgIpc) is 2.55. The van der Waals surface area contributed by atoms with E-state index in [2.05, 4.69) is 0 Å². The first kappa shape index (κ1) is 20.9. The van der Waals surface area contributed by atoms with E-state index in [4.69, 9.17) is 4.18 Å². The smallest absolute Gasteiger partial charge is 0.339 e. The summed E-state index contributed by atoms with van der Waals surface area (Å²) >= 11 is 0. The number of rotatable bonds is 6. The predicted octanol–water partition coefficient (Wildman–Crippen LogP) is 5.15. The summed E-state index contributed by atoms with van der Waals surface area (Å²) < 4.78 is 29.9. The molecule has 0 amide bonds. The fourth-order valence-corrected chi connectivity index (χ4v) is 4.53. The molecule has 0 aliphatic heterocycles. The number of nitro benzene ring substituents is 1. The van der Waals surface area contributed by atoms with Crippen LogP contribution in [0.4, 0.5) is 5.69 Å². The molecule has 2 aromatic carbocycles. The number of nitrogens with zero attached hydrogens (tertiary/aromatic N) is 1. The highest BCUT2D eigenvalue weighted by molar-refractivity contribution is 7.87. The average molecular weight is 391 g/mol. The van der Waals surface area contributed by atoms with Crippen LogP contribution in [-0.2, 0) is 10.1 Å². The molecule has 0 N–H and O–H groups in total. The molecular weight excluding hydrogens is 366 g/mol. The topological polar surface area (TPSA) is 86.5 Å². The Bertz CT molecular complexity index is 915. The van der Waals surface area contributed by atoms with Crippen molar-refractivity contribution in [2.75, 3.05) is 0 Å². The van der Waals surface area contributed by atoms with Crippen LogP contribution in [0.3, 0.4) is 0 Å². The zero-order valence-corrected chi connectivity index (χ0v) is 17.0. The third-order valence-electron chi connectivity index (χ3n) is 4.37. The molecule has 2 rings (SSSR count). The van der Waals surface area contributed by atoms with Crippen molar-refractivity contribution in [3.8, 4) is 5.75 Å². The fourth-order valence-electron chi connectivity index (χ4n) is 3.58. The second-order valence-electron chi connectivity index (χ2n) is 7.92. The fraction of sp³-hybridized carbons (Fsp3) is 0.400. The molecule has 0 aliphatic rings. The second kappa shape index (κ2) is 7.68. The molecular formula is C20H25NO5S. The minimum Gasteiger partial charge on any atom is -0.379 e. The van der Waals surface area contributed by atoms with E-state index < -0.39 is 15.0 Å². The minimum atomic E-state index is -4.06. The summed E-state index contributed by atoms with van der Waals surface area (Å²) in [5, 5.41) is 11.7. The van der Waals surface area contributed by atoms with E-state index in [-0.39, 0.29) is 33.6 Å². The third-order valence-corrected chi connectivity index (χ3v) is 5.63. The van der Waals surface area contributed by atoms with Gasteiger partial charge in [-0.05, 0) is 41.5 Å². The van der Waals surface area contributed by atoms with Crippen LogP contribution in [-0.4, -0.2) is 13.3 Å². The summed E-state index contributed by atoms with van der Waals surface area (Å²) in [5.41, 5.74) is 0.244. The first-order valence-corrected chi connectivity index (χ1v) is 10.1. The summed E-state index contributed by atoms with van der Waals surface area (Å²) in [4.78, 5) is 11.2. The van der Waals surface area contributed by atoms with E-state index in [1.54, 1.807) is 24.3 Å². The summed E-state index contributed by atoms with van der Waals surface area (Å²) in [6.45, 7) is 10.1. The molecule has 0 saturated carbocycles. The van der Waals surface area contributed by atoms with Crippen LogP contribution in [0.2, 0.25) is 0 Å². The SMILES string of the molecule is CC(C)C(c1ccc(OS(=O)(=O)c2ccccc2)cc1[N+](=O)[O-])C(C)(C)C. The first-order chi connectivity index (χ1) is 12.4. The Kier molecular flexibility index (Phi) is 5.94. The standard InChI is InChI=1S/C20H25NO5S/c1-14(2)19(20(3,4)5)17-12-11-15(13-18(17)21(22)23)26-27(24,25)16-9-7-6-8-10-16/h6-14,19H,1-5H3. The van der Waals surface area contributed by atoms with Gasteiger partial charge in [0.2, 0.25) is 0 Å². The van der Waals surface area contributed by atoms with Crippen molar-refractivity contribution in [1.82, 2.24) is 0 Å². The summed E-state index contributed by atoms with van der Waals surface area (Å²) in [6, 6.07) is 11.9. The lowest BCUT2D eigenvalue weighted by molar-refractivity contribution is -0.386. The molecule has 6 nitrogen and oxygen atoms in total. The number of hydrogen-bond donors (Lipinski definition) is 0. The molecule has 2 aromatic rings. The highest BCUT2D eigenvalue weighted by Crippen LogP contribution is 2.45. The molecule has 1 atom stereocenters. The Hall–Kier alpha value is -2.41. The van der Waals surface area contributed by atoms with Crippen molar-refractivity contribution in [3.05, 3.63) is 64.2 Å². The lowest BCUT2D eigenvalue weighted by Crippen LogP contribution is -2.24. The maximum Gasteiger partial charge on any atom is 0.339 e. The van der Waals surface area contributed by atoms with Crippen molar-refractivity contribution >= 4 is 15.8 Å². The van der Waals surface area contributed by atoms with Gasteiger partial charge in [0.25, 0.3) is 5.69 Å². The van der Waals surface area contributed by atoms with Gasteiger partial charge >= 0.3 is 10.1 Å². The molecule has 0 heterocycles. The Morgan fingerprint density at radius 2 is 1.63 bits per heavy atom. The van der Waals surface area contributed by atoms with Crippen molar-refractivity contribution in [2.24, 2.45) is 11.3 Å². The number of benzene rings is 2. The number of nitro groups is 1. The molecule has 146 valence electrons. The maximum atomic E-state index is 12.4. The summed E-state index contributed by atoms with van der Waals surface area (Å²) in [5.74, 6) is 0.0203. The lowest BCUT2D eigenvalue weighted by Gasteiger charge is -2.34. The molecule has 0 aromatic heterocycles. The van der Waals surface area contributed by atoms with Gasteiger partial charge in [-0.15, -0.1) is 0 Å². The van der Waals surface area contributed by atoms with E-state index >= 15 is 0 Å². The Morgan fingerprint density at radius 1 is 1.04 bits per heavy atom. The van der Waals surface area contributed by atoms with Gasteiger partial charge < -0.3 is 4.18 Å². The van der Waals surface area contributed by atoms with Crippen molar-refractivity contribution < 1.29 is 17.5 Å². The van der Waals surface area contributed by atoms with Crippen LogP contribution in [0.25, 0.3) is 0 Å². The van der Waals surface area contributed by atoms with Crippen molar-refractivity contribution in [3.63, 3.8) is 0 Å². The zero-order valence-electron chi connectivity index (χ0n) is 16.2. The molecule has 0 fully saturated rings. The van der Waals surface area contributed by atoms with Gasteiger partial charge in [-0.3, -0.25) is 10.1 Å². The normalized spacial score (nSPS) is 13.4. The largest absolute Gasteiger partial charge is 0.379 e. The third kappa shape index (κ3) is 4.86. The van der Waals surface area contributed by atoms with Crippen LogP contribution in [0.5, 0.6) is 5.75 Å². The molecule has 0 spiro atoms. The number of hydrogen-bond acceptors (Lipinski definition) is 5. The molecule has 1 unspecified atom stereocenters. The van der Waals surface area contributed by atoms with Gasteiger partial charge in [-0.25, -0.2) is 0 Å². The molecule has 0 aliphatic carbocycles. The van der Waals surface area contributed by atoms with Gasteiger partial charge in [0.05, 0.1) is 11.0 Å². The predicted molar refractivity (Wildman–Crippen MR) is 104 cm³/mol. The van der Waals surface area contributed by atoms with Crippen molar-refractivity contribution in [2.45, 2.75) is 45.4 Å². The molecule has 0 bridgehead atoms. The quantitative estimate of drug-likeness (QED) is 0.386. The van der Waals surface area contributed by atoms with Crippen LogP contribution >= 0.6 is 0 Å². The van der Waals surface area contributed by atoms with E-state index in [0.29, 0.717) is 5.56 Å². The minimum absolute atomic E-state index is 0.00789. The van der Waals surface area contributed by atoms with Gasteiger partial charge in [0.15, 0.2) is 0 Å². The molecule has 0 radical (unpaired) electrons. The molecule has 27 heavy (non-hydrogen) atoms. The highest BCUT2D eigenvalue weighted by atomic mass is 32.2. The lowest BCUT2D eigenvalue weighted by atomic mass is 9.70.